The predicted octanol–water partition coefficient (Wildman–Crippen LogP) is 13.7. The van der Waals surface area contributed by atoms with Crippen LogP contribution in [0.4, 0.5) is 0 Å². The summed E-state index contributed by atoms with van der Waals surface area (Å²) in [6, 6.07) is 55.5. The van der Waals surface area contributed by atoms with Crippen molar-refractivity contribution < 1.29 is 4.42 Å². The van der Waals surface area contributed by atoms with Crippen LogP contribution in [0.1, 0.15) is 17.7 Å². The second-order valence-corrected chi connectivity index (χ2v) is 15.7. The maximum absolute atomic E-state index is 6.72. The van der Waals surface area contributed by atoms with Crippen molar-refractivity contribution in [2.45, 2.75) is 12.8 Å². The van der Waals surface area contributed by atoms with E-state index in [1.165, 1.54) is 53.5 Å². The van der Waals surface area contributed by atoms with E-state index in [9.17, 15) is 0 Å². The van der Waals surface area contributed by atoms with Gasteiger partial charge in [-0.05, 0) is 78.1 Å². The maximum atomic E-state index is 6.72. The second kappa shape index (κ2) is 12.7. The highest BCUT2D eigenvalue weighted by molar-refractivity contribution is 7.26. The quantitative estimate of drug-likeness (QED) is 0.176. The molecule has 0 spiro atoms. The summed E-state index contributed by atoms with van der Waals surface area (Å²) in [5.41, 5.74) is 11.8. The molecule has 1 aliphatic rings. The van der Waals surface area contributed by atoms with Gasteiger partial charge in [0, 0.05) is 70.5 Å². The van der Waals surface area contributed by atoms with Crippen molar-refractivity contribution in [3.05, 3.63) is 175 Å². The molecule has 0 radical (unpaired) electrons. The van der Waals surface area contributed by atoms with Gasteiger partial charge in [0.2, 0.25) is 0 Å². The number of thiophene rings is 1. The fraction of sp³-hybridized carbons (Fsp3) is 0.0392. The minimum Gasteiger partial charge on any atom is -0.456 e. The lowest BCUT2D eigenvalue weighted by Crippen LogP contribution is -2.00. The first-order chi connectivity index (χ1) is 28.2. The van der Waals surface area contributed by atoms with Crippen LogP contribution in [0.25, 0.3) is 110 Å². The van der Waals surface area contributed by atoms with Crippen molar-refractivity contribution in [3.63, 3.8) is 0 Å². The number of allylic oxidation sites excluding steroid dienone is 1. The van der Waals surface area contributed by atoms with E-state index in [0.29, 0.717) is 17.5 Å². The van der Waals surface area contributed by atoms with E-state index in [0.717, 1.165) is 57.2 Å². The molecule has 0 aliphatic heterocycles. The number of benzene rings is 7. The lowest BCUT2D eigenvalue weighted by atomic mass is 9.99. The summed E-state index contributed by atoms with van der Waals surface area (Å²) >= 11 is 1.78. The van der Waals surface area contributed by atoms with E-state index < -0.39 is 0 Å². The first-order valence-corrected chi connectivity index (χ1v) is 20.1. The van der Waals surface area contributed by atoms with Gasteiger partial charge in [0.25, 0.3) is 0 Å². The molecule has 7 aromatic carbocycles. The van der Waals surface area contributed by atoms with Crippen LogP contribution in [-0.4, -0.2) is 19.5 Å². The Bertz CT molecular complexity index is 3410. The van der Waals surface area contributed by atoms with Gasteiger partial charge in [0.05, 0.1) is 5.52 Å². The van der Waals surface area contributed by atoms with Crippen molar-refractivity contribution in [1.82, 2.24) is 19.5 Å². The first kappa shape index (κ1) is 32.1. The third-order valence-corrected chi connectivity index (χ3v) is 12.6. The number of aromatic nitrogens is 4. The van der Waals surface area contributed by atoms with Gasteiger partial charge in [0.15, 0.2) is 17.5 Å². The molecule has 57 heavy (non-hydrogen) atoms. The Labute approximate surface area is 331 Å². The number of hydrogen-bond acceptors (Lipinski definition) is 5. The molecule has 4 aromatic heterocycles. The molecule has 0 amide bonds. The van der Waals surface area contributed by atoms with E-state index >= 15 is 0 Å². The maximum Gasteiger partial charge on any atom is 0.165 e. The summed E-state index contributed by atoms with van der Waals surface area (Å²) in [7, 11) is 0. The smallest absolute Gasteiger partial charge is 0.165 e. The molecular formula is C51H32N4OS. The molecule has 5 nitrogen and oxygen atoms in total. The zero-order chi connectivity index (χ0) is 37.5. The third kappa shape index (κ3) is 5.18. The van der Waals surface area contributed by atoms with E-state index in [1.54, 1.807) is 11.3 Å². The summed E-state index contributed by atoms with van der Waals surface area (Å²) in [5.74, 6) is 1.89. The molecule has 0 N–H and O–H groups in total. The van der Waals surface area contributed by atoms with Crippen molar-refractivity contribution in [3.8, 4) is 51.0 Å². The molecule has 268 valence electrons. The topological polar surface area (TPSA) is 56.7 Å². The molecule has 12 rings (SSSR count). The minimum absolute atomic E-state index is 0.603. The fourth-order valence-corrected chi connectivity index (χ4v) is 9.84. The molecule has 1 aliphatic carbocycles. The number of nitrogens with zero attached hydrogens (tertiary/aromatic N) is 4. The Morgan fingerprint density at radius 3 is 2.05 bits per heavy atom. The molecule has 0 bridgehead atoms. The van der Waals surface area contributed by atoms with Crippen LogP contribution >= 0.6 is 11.3 Å². The zero-order valence-corrected chi connectivity index (χ0v) is 31.5. The summed E-state index contributed by atoms with van der Waals surface area (Å²) in [6.07, 6.45) is 6.65. The number of hydrogen-bond donors (Lipinski definition) is 0. The van der Waals surface area contributed by atoms with Crippen LogP contribution in [-0.2, 0) is 6.42 Å². The average molecular weight is 749 g/mol. The Balaban J connectivity index is 1.00. The summed E-state index contributed by atoms with van der Waals surface area (Å²) in [4.78, 5) is 15.3. The lowest BCUT2D eigenvalue weighted by molar-refractivity contribution is 0.668. The molecule has 0 saturated heterocycles. The third-order valence-electron chi connectivity index (χ3n) is 11.3. The van der Waals surface area contributed by atoms with E-state index in [2.05, 4.69) is 144 Å². The monoisotopic (exact) mass is 748 g/mol. The van der Waals surface area contributed by atoms with Crippen molar-refractivity contribution in [2.75, 3.05) is 0 Å². The second-order valence-electron chi connectivity index (χ2n) is 14.7. The van der Waals surface area contributed by atoms with Gasteiger partial charge in [-0.1, -0.05) is 115 Å². The number of rotatable bonds is 5. The van der Waals surface area contributed by atoms with Gasteiger partial charge in [0.1, 0.15) is 11.2 Å². The Morgan fingerprint density at radius 2 is 1.19 bits per heavy atom. The largest absolute Gasteiger partial charge is 0.456 e. The number of fused-ring (bicyclic) bond motifs is 9. The Hall–Kier alpha value is -7.15. The van der Waals surface area contributed by atoms with Gasteiger partial charge >= 0.3 is 0 Å². The van der Waals surface area contributed by atoms with Crippen LogP contribution in [0.5, 0.6) is 0 Å². The van der Waals surface area contributed by atoms with Crippen LogP contribution in [0.2, 0.25) is 0 Å². The molecule has 0 unspecified atom stereocenters. The normalized spacial score (nSPS) is 12.7. The van der Waals surface area contributed by atoms with E-state index in [-0.39, 0.29) is 0 Å². The Kier molecular flexibility index (Phi) is 7.16. The van der Waals surface area contributed by atoms with Crippen LogP contribution in [0, 0.1) is 0 Å². The van der Waals surface area contributed by atoms with Crippen LogP contribution in [0.15, 0.2) is 168 Å². The highest BCUT2D eigenvalue weighted by atomic mass is 32.1. The first-order valence-electron chi connectivity index (χ1n) is 19.3. The van der Waals surface area contributed by atoms with E-state index in [1.807, 2.05) is 30.3 Å². The predicted molar refractivity (Wildman–Crippen MR) is 236 cm³/mol. The molecular weight excluding hydrogens is 717 g/mol. The van der Waals surface area contributed by atoms with Crippen LogP contribution < -0.4 is 0 Å². The molecule has 4 heterocycles. The minimum atomic E-state index is 0.603. The fourth-order valence-electron chi connectivity index (χ4n) is 8.63. The average Bonchev–Trinajstić information content (AvgIpc) is 3.95. The molecule has 11 aromatic rings. The summed E-state index contributed by atoms with van der Waals surface area (Å²) in [5, 5.41) is 5.88. The summed E-state index contributed by atoms with van der Waals surface area (Å²) < 4.78 is 11.5. The van der Waals surface area contributed by atoms with Gasteiger partial charge in [-0.25, -0.2) is 15.0 Å². The zero-order valence-electron chi connectivity index (χ0n) is 30.7. The number of furan rings is 1. The van der Waals surface area contributed by atoms with Gasteiger partial charge < -0.3 is 8.98 Å². The number of aryl methyl sites for hydroxylation is 1. The highest BCUT2D eigenvalue weighted by Gasteiger charge is 2.21. The van der Waals surface area contributed by atoms with Crippen LogP contribution in [0.3, 0.4) is 0 Å². The van der Waals surface area contributed by atoms with Gasteiger partial charge in [-0.2, -0.15) is 0 Å². The highest BCUT2D eigenvalue weighted by Crippen LogP contribution is 2.41. The molecule has 6 heteroatoms. The van der Waals surface area contributed by atoms with Crippen molar-refractivity contribution >= 4 is 70.4 Å². The summed E-state index contributed by atoms with van der Waals surface area (Å²) in [6.45, 7) is 0. The standard InChI is InChI=1S/C51H32N4OS/c1-3-12-31(13-4-1)33-22-25-37-36-16-7-9-20-43(36)55(44(37)28-33)35-24-27-39-38-26-23-34(29-45(38)56-46(39)30-35)50-52-49(32-14-5-2-6-15-32)53-51(54-50)42-19-11-18-41-40-17-8-10-21-47(40)57-48(41)42/h1-6,8-15,17-30H,7,16H2. The van der Waals surface area contributed by atoms with Crippen molar-refractivity contribution in [2.24, 2.45) is 0 Å². The SMILES string of the molecule is C1=Cc2c(c3ccc(-c4ccccc4)cc3n2-c2ccc3c(c2)oc2cc(-c4nc(-c5ccccc5)nc(-c5cccc6c5sc5ccccc56)n4)ccc23)CC1. The van der Waals surface area contributed by atoms with Crippen molar-refractivity contribution in [1.29, 1.82) is 0 Å². The van der Waals surface area contributed by atoms with E-state index in [4.69, 9.17) is 19.4 Å². The molecule has 0 fully saturated rings. The molecule has 0 atom stereocenters. The van der Waals surface area contributed by atoms with Gasteiger partial charge in [-0.15, -0.1) is 11.3 Å². The molecule has 0 saturated carbocycles. The Morgan fingerprint density at radius 1 is 0.509 bits per heavy atom. The lowest BCUT2D eigenvalue weighted by Gasteiger charge is -2.12. The van der Waals surface area contributed by atoms with Gasteiger partial charge in [-0.3, -0.25) is 0 Å².